The highest BCUT2D eigenvalue weighted by Crippen LogP contribution is 2.60. The Bertz CT molecular complexity index is 2990. The lowest BCUT2D eigenvalue weighted by atomic mass is 9.64. The molecule has 2 heteroatoms. The van der Waals surface area contributed by atoms with Crippen LogP contribution < -0.4 is 5.32 Å². The minimum atomic E-state index is -0.561. The van der Waals surface area contributed by atoms with Crippen LogP contribution in [0.25, 0.3) is 49.7 Å². The number of nitrogens with one attached hydrogen (secondary N) is 1. The zero-order valence-electron chi connectivity index (χ0n) is 33.8. The normalized spacial score (nSPS) is 14.6. The summed E-state index contributed by atoms with van der Waals surface area (Å²) in [6.45, 7) is 11.8. The van der Waals surface area contributed by atoms with E-state index in [1.54, 1.807) is 0 Å². The van der Waals surface area contributed by atoms with Crippen molar-refractivity contribution in [1.82, 2.24) is 4.57 Å². The molecule has 0 bridgehead atoms. The van der Waals surface area contributed by atoms with Gasteiger partial charge in [-0.15, -0.1) is 0 Å². The Kier molecular flexibility index (Phi) is 7.41. The molecule has 11 rings (SSSR count). The molecule has 0 saturated heterocycles. The molecule has 0 unspecified atom stereocenters. The lowest BCUT2D eigenvalue weighted by molar-refractivity contribution is 0.572. The van der Waals surface area contributed by atoms with Crippen LogP contribution in [0.4, 0.5) is 11.4 Å². The van der Waals surface area contributed by atoms with E-state index < -0.39 is 5.41 Å². The van der Waals surface area contributed by atoms with Crippen molar-refractivity contribution in [3.05, 3.63) is 221 Å². The number of hydrogen-bond donors (Lipinski definition) is 1. The van der Waals surface area contributed by atoms with Crippen LogP contribution in [0.1, 0.15) is 73.6 Å². The van der Waals surface area contributed by atoms with Gasteiger partial charge in [0.1, 0.15) is 0 Å². The van der Waals surface area contributed by atoms with Crippen LogP contribution in [0.3, 0.4) is 0 Å². The van der Waals surface area contributed by atoms with Gasteiger partial charge >= 0.3 is 0 Å². The fourth-order valence-electron chi connectivity index (χ4n) is 10.6. The summed E-state index contributed by atoms with van der Waals surface area (Å²) in [5.74, 6) is 0. The minimum absolute atomic E-state index is 0.0730. The maximum Gasteiger partial charge on any atom is 0.0717 e. The SMILES string of the molecule is CC(C)(C)c1cc(-n2c3ccccc3c3ccccc32)cc2c1C(c1ccccc1)(c1ccccc1)c1cc(Nc3ccc4c(c3)C(C)(C)c3ccccc3-4)ccc1-2. The van der Waals surface area contributed by atoms with Crippen molar-refractivity contribution in [2.75, 3.05) is 5.32 Å². The summed E-state index contributed by atoms with van der Waals surface area (Å²) in [4.78, 5) is 0. The second-order valence-electron chi connectivity index (χ2n) is 17.8. The van der Waals surface area contributed by atoms with Crippen LogP contribution in [0.5, 0.6) is 0 Å². The number of fused-ring (bicyclic) bond motifs is 9. The summed E-state index contributed by atoms with van der Waals surface area (Å²) in [6.07, 6.45) is 0. The Morgan fingerprint density at radius 1 is 0.448 bits per heavy atom. The number of anilines is 2. The van der Waals surface area contributed by atoms with Crippen LogP contribution in [-0.4, -0.2) is 4.57 Å². The number of aromatic nitrogens is 1. The van der Waals surface area contributed by atoms with Crippen molar-refractivity contribution >= 4 is 33.2 Å². The number of nitrogens with zero attached hydrogens (tertiary/aromatic N) is 1. The monoisotopic (exact) mass is 746 g/mol. The van der Waals surface area contributed by atoms with Crippen molar-refractivity contribution in [2.45, 2.75) is 50.9 Å². The van der Waals surface area contributed by atoms with E-state index in [-0.39, 0.29) is 10.8 Å². The molecule has 58 heavy (non-hydrogen) atoms. The molecule has 0 spiro atoms. The number of para-hydroxylation sites is 2. The maximum atomic E-state index is 3.91. The quantitative estimate of drug-likeness (QED) is 0.186. The highest BCUT2D eigenvalue weighted by Gasteiger charge is 2.49. The van der Waals surface area contributed by atoms with E-state index in [9.17, 15) is 0 Å². The molecule has 1 N–H and O–H groups in total. The molecule has 0 atom stereocenters. The molecule has 0 aliphatic heterocycles. The lowest BCUT2D eigenvalue weighted by Crippen LogP contribution is -2.32. The zero-order chi connectivity index (χ0) is 39.4. The van der Waals surface area contributed by atoms with Gasteiger partial charge in [-0.3, -0.25) is 0 Å². The van der Waals surface area contributed by atoms with Crippen molar-refractivity contribution in [3.8, 4) is 27.9 Å². The topological polar surface area (TPSA) is 17.0 Å². The van der Waals surface area contributed by atoms with Gasteiger partial charge < -0.3 is 9.88 Å². The number of benzene rings is 8. The van der Waals surface area contributed by atoms with Gasteiger partial charge in [-0.05, 0) is 115 Å². The molecule has 0 amide bonds. The summed E-state index contributed by atoms with van der Waals surface area (Å²) in [5, 5.41) is 6.45. The highest BCUT2D eigenvalue weighted by molar-refractivity contribution is 6.09. The fraction of sp³-hybridized carbons (Fsp3) is 0.143. The summed E-state index contributed by atoms with van der Waals surface area (Å²) in [6, 6.07) is 67.9. The Morgan fingerprint density at radius 3 is 1.55 bits per heavy atom. The third kappa shape index (κ3) is 4.84. The Labute approximate surface area is 341 Å². The van der Waals surface area contributed by atoms with Gasteiger partial charge in [0.2, 0.25) is 0 Å². The largest absolute Gasteiger partial charge is 0.356 e. The molecule has 0 fully saturated rings. The molecule has 2 aliphatic carbocycles. The standard InChI is InChI=1S/C56H46N2/c1-54(2,3)50-35-40(58-51-26-16-13-23-44(51)45-24-14-17-27-52(45)58)34-46-43-31-29-39(57-38-28-30-42-41-22-12-15-25-47(41)55(4,5)48(42)32-38)33-49(43)56(53(46)50,36-18-8-6-9-19-36)37-20-10-7-11-21-37/h6-35,57H,1-5H3. The average molecular weight is 747 g/mol. The minimum Gasteiger partial charge on any atom is -0.356 e. The average Bonchev–Trinajstić information content (AvgIpc) is 3.82. The Hall–Kier alpha value is -6.64. The second kappa shape index (κ2) is 12.4. The fourth-order valence-corrected chi connectivity index (χ4v) is 10.6. The van der Waals surface area contributed by atoms with E-state index in [1.807, 2.05) is 0 Å². The smallest absolute Gasteiger partial charge is 0.0717 e. The zero-order valence-corrected chi connectivity index (χ0v) is 33.8. The maximum absolute atomic E-state index is 3.91. The lowest BCUT2D eigenvalue weighted by Gasteiger charge is -2.38. The van der Waals surface area contributed by atoms with Gasteiger partial charge in [0.05, 0.1) is 16.4 Å². The first kappa shape index (κ1) is 34.6. The van der Waals surface area contributed by atoms with E-state index >= 15 is 0 Å². The molecule has 1 heterocycles. The number of rotatable bonds is 5. The molecular formula is C56H46N2. The van der Waals surface area contributed by atoms with Crippen LogP contribution in [0.15, 0.2) is 182 Å². The predicted octanol–water partition coefficient (Wildman–Crippen LogP) is 14.5. The van der Waals surface area contributed by atoms with Gasteiger partial charge in [0.25, 0.3) is 0 Å². The predicted molar refractivity (Wildman–Crippen MR) is 244 cm³/mol. The third-order valence-electron chi connectivity index (χ3n) is 13.1. The van der Waals surface area contributed by atoms with Crippen LogP contribution in [0, 0.1) is 0 Å². The summed E-state index contributed by atoms with van der Waals surface area (Å²) >= 11 is 0. The van der Waals surface area contributed by atoms with E-state index in [0.29, 0.717) is 0 Å². The summed E-state index contributed by atoms with van der Waals surface area (Å²) in [7, 11) is 0. The van der Waals surface area contributed by atoms with Gasteiger partial charge in [0, 0.05) is 33.2 Å². The van der Waals surface area contributed by atoms with Gasteiger partial charge in [-0.2, -0.15) is 0 Å². The van der Waals surface area contributed by atoms with Gasteiger partial charge in [-0.1, -0.05) is 168 Å². The second-order valence-corrected chi connectivity index (χ2v) is 17.8. The Balaban J connectivity index is 1.18. The molecule has 0 radical (unpaired) electrons. The van der Waals surface area contributed by atoms with Gasteiger partial charge in [0.15, 0.2) is 0 Å². The highest BCUT2D eigenvalue weighted by atomic mass is 15.0. The number of hydrogen-bond acceptors (Lipinski definition) is 1. The third-order valence-corrected chi connectivity index (χ3v) is 13.1. The van der Waals surface area contributed by atoms with E-state index in [4.69, 9.17) is 0 Å². The van der Waals surface area contributed by atoms with Crippen LogP contribution >= 0.6 is 0 Å². The van der Waals surface area contributed by atoms with Crippen molar-refractivity contribution in [2.24, 2.45) is 0 Å². The van der Waals surface area contributed by atoms with E-state index in [0.717, 1.165) is 11.4 Å². The molecule has 9 aromatic rings. The Morgan fingerprint density at radius 2 is 0.948 bits per heavy atom. The van der Waals surface area contributed by atoms with Crippen LogP contribution in [-0.2, 0) is 16.2 Å². The molecule has 0 saturated carbocycles. The van der Waals surface area contributed by atoms with Crippen molar-refractivity contribution in [1.29, 1.82) is 0 Å². The molecule has 280 valence electrons. The van der Waals surface area contributed by atoms with Gasteiger partial charge in [-0.25, -0.2) is 0 Å². The van der Waals surface area contributed by atoms with Crippen LogP contribution in [0.2, 0.25) is 0 Å². The van der Waals surface area contributed by atoms with E-state index in [1.165, 1.54) is 88.7 Å². The first-order chi connectivity index (χ1) is 28.2. The first-order valence-corrected chi connectivity index (χ1v) is 20.6. The first-order valence-electron chi connectivity index (χ1n) is 20.6. The molecular weight excluding hydrogens is 701 g/mol. The molecule has 2 aliphatic rings. The summed E-state index contributed by atoms with van der Waals surface area (Å²) < 4.78 is 2.48. The molecule has 8 aromatic carbocycles. The summed E-state index contributed by atoms with van der Waals surface area (Å²) in [5.41, 5.74) is 19.5. The molecule has 1 aromatic heterocycles. The van der Waals surface area contributed by atoms with Crippen molar-refractivity contribution in [3.63, 3.8) is 0 Å². The van der Waals surface area contributed by atoms with E-state index in [2.05, 4.69) is 226 Å². The van der Waals surface area contributed by atoms with Crippen molar-refractivity contribution < 1.29 is 0 Å². The molecule has 2 nitrogen and oxygen atoms in total.